The summed E-state index contributed by atoms with van der Waals surface area (Å²) in [5.41, 5.74) is 0.579. The molecular formula is C12H9IO2. The summed E-state index contributed by atoms with van der Waals surface area (Å²) in [6, 6.07) is 8.94. The maximum absolute atomic E-state index is 11.4. The van der Waals surface area contributed by atoms with Crippen molar-refractivity contribution in [2.75, 3.05) is 0 Å². The monoisotopic (exact) mass is 312 g/mol. The first-order chi connectivity index (χ1) is 7.09. The zero-order valence-corrected chi connectivity index (χ0v) is 10.3. The topological polar surface area (TPSA) is 37.3 Å². The van der Waals surface area contributed by atoms with Gasteiger partial charge in [0.25, 0.3) is 0 Å². The molecule has 0 bridgehead atoms. The Morgan fingerprint density at radius 3 is 2.73 bits per heavy atom. The molecule has 15 heavy (non-hydrogen) atoms. The highest BCUT2D eigenvalue weighted by molar-refractivity contribution is 14.1. The van der Waals surface area contributed by atoms with Crippen molar-refractivity contribution in [3.05, 3.63) is 39.5 Å². The number of rotatable bonds is 1. The second kappa shape index (κ2) is 3.81. The lowest BCUT2D eigenvalue weighted by atomic mass is 10.0. The van der Waals surface area contributed by atoms with Gasteiger partial charge >= 0.3 is 0 Å². The van der Waals surface area contributed by atoms with Crippen molar-refractivity contribution in [1.82, 2.24) is 0 Å². The summed E-state index contributed by atoms with van der Waals surface area (Å²) in [6.45, 7) is 1.51. The number of halogens is 1. The summed E-state index contributed by atoms with van der Waals surface area (Å²) in [5, 5.41) is 11.3. The lowest BCUT2D eigenvalue weighted by Crippen LogP contribution is -1.95. The SMILES string of the molecule is CC(=O)c1cc(O)cc2cccc(I)c12. The molecule has 0 spiro atoms. The van der Waals surface area contributed by atoms with E-state index in [0.29, 0.717) is 5.56 Å². The van der Waals surface area contributed by atoms with E-state index in [1.54, 1.807) is 6.07 Å². The number of phenols is 1. The second-order valence-corrected chi connectivity index (χ2v) is 4.55. The maximum Gasteiger partial charge on any atom is 0.160 e. The summed E-state index contributed by atoms with van der Waals surface area (Å²) in [5.74, 6) is 0.106. The van der Waals surface area contributed by atoms with E-state index in [-0.39, 0.29) is 11.5 Å². The van der Waals surface area contributed by atoms with E-state index in [9.17, 15) is 9.90 Å². The van der Waals surface area contributed by atoms with Crippen molar-refractivity contribution < 1.29 is 9.90 Å². The Balaban J connectivity index is 2.94. The highest BCUT2D eigenvalue weighted by Gasteiger charge is 2.10. The molecule has 0 heterocycles. The fraction of sp³-hybridized carbons (Fsp3) is 0.0833. The number of hydrogen-bond donors (Lipinski definition) is 1. The largest absolute Gasteiger partial charge is 0.508 e. The van der Waals surface area contributed by atoms with Crippen molar-refractivity contribution in [3.63, 3.8) is 0 Å². The smallest absolute Gasteiger partial charge is 0.160 e. The third-order valence-electron chi connectivity index (χ3n) is 2.29. The Bertz CT molecular complexity index is 547. The number of fused-ring (bicyclic) bond motifs is 1. The molecule has 2 aromatic rings. The van der Waals surface area contributed by atoms with Crippen LogP contribution in [0.2, 0.25) is 0 Å². The fourth-order valence-corrected chi connectivity index (χ4v) is 2.45. The molecule has 0 radical (unpaired) electrons. The minimum Gasteiger partial charge on any atom is -0.508 e. The molecule has 0 aliphatic carbocycles. The number of carbonyl (C=O) groups is 1. The zero-order valence-electron chi connectivity index (χ0n) is 8.12. The summed E-state index contributed by atoms with van der Waals surface area (Å²) >= 11 is 2.19. The van der Waals surface area contributed by atoms with Gasteiger partial charge in [-0.05, 0) is 53.1 Å². The summed E-state index contributed by atoms with van der Waals surface area (Å²) in [7, 11) is 0. The van der Waals surface area contributed by atoms with Gasteiger partial charge in [-0.3, -0.25) is 4.79 Å². The van der Waals surface area contributed by atoms with Crippen molar-refractivity contribution >= 4 is 39.1 Å². The highest BCUT2D eigenvalue weighted by atomic mass is 127. The fourth-order valence-electron chi connectivity index (χ4n) is 1.64. The average Bonchev–Trinajstić information content (AvgIpc) is 2.16. The molecular weight excluding hydrogens is 303 g/mol. The van der Waals surface area contributed by atoms with Crippen molar-refractivity contribution in [2.24, 2.45) is 0 Å². The van der Waals surface area contributed by atoms with Crippen molar-refractivity contribution in [2.45, 2.75) is 6.92 Å². The third kappa shape index (κ3) is 1.84. The van der Waals surface area contributed by atoms with Crippen LogP contribution in [0.1, 0.15) is 17.3 Å². The Hall–Kier alpha value is -1.10. The molecule has 76 valence electrons. The molecule has 2 nitrogen and oxygen atoms in total. The predicted octanol–water partition coefficient (Wildman–Crippen LogP) is 3.35. The first kappa shape index (κ1) is 10.4. The van der Waals surface area contributed by atoms with Gasteiger partial charge in [-0.25, -0.2) is 0 Å². The van der Waals surface area contributed by atoms with Gasteiger partial charge in [-0.2, -0.15) is 0 Å². The van der Waals surface area contributed by atoms with Crippen molar-refractivity contribution in [3.8, 4) is 5.75 Å². The van der Waals surface area contributed by atoms with Crippen LogP contribution in [-0.4, -0.2) is 10.9 Å². The number of hydrogen-bond acceptors (Lipinski definition) is 2. The van der Waals surface area contributed by atoms with Crippen LogP contribution >= 0.6 is 22.6 Å². The maximum atomic E-state index is 11.4. The molecule has 0 amide bonds. The van der Waals surface area contributed by atoms with Gasteiger partial charge in [0.05, 0.1) is 0 Å². The Morgan fingerprint density at radius 2 is 2.07 bits per heavy atom. The molecule has 1 N–H and O–H groups in total. The van der Waals surface area contributed by atoms with Crippen LogP contribution in [0.4, 0.5) is 0 Å². The molecule has 2 rings (SSSR count). The number of Topliss-reactive ketones (excluding diaryl/α,β-unsaturated/α-hetero) is 1. The molecule has 0 saturated carbocycles. The zero-order chi connectivity index (χ0) is 11.0. The molecule has 2 aromatic carbocycles. The number of phenolic OH excluding ortho intramolecular Hbond substituents is 1. The van der Waals surface area contributed by atoms with E-state index in [1.165, 1.54) is 13.0 Å². The van der Waals surface area contributed by atoms with Gasteiger partial charge < -0.3 is 5.11 Å². The molecule has 0 unspecified atom stereocenters. The van der Waals surface area contributed by atoms with Crippen LogP contribution in [0.3, 0.4) is 0 Å². The normalized spacial score (nSPS) is 10.5. The number of carbonyl (C=O) groups excluding carboxylic acids is 1. The van der Waals surface area contributed by atoms with Crippen LogP contribution in [0.15, 0.2) is 30.3 Å². The van der Waals surface area contributed by atoms with Gasteiger partial charge in [0.2, 0.25) is 0 Å². The van der Waals surface area contributed by atoms with E-state index in [2.05, 4.69) is 22.6 Å². The van der Waals surface area contributed by atoms with E-state index in [1.807, 2.05) is 18.2 Å². The molecule has 0 fully saturated rings. The molecule has 0 aliphatic rings. The number of ketones is 1. The van der Waals surface area contributed by atoms with E-state index in [4.69, 9.17) is 0 Å². The molecule has 0 aromatic heterocycles. The average molecular weight is 312 g/mol. The van der Waals surface area contributed by atoms with Gasteiger partial charge in [-0.1, -0.05) is 12.1 Å². The van der Waals surface area contributed by atoms with E-state index in [0.717, 1.165) is 14.3 Å². The van der Waals surface area contributed by atoms with Gasteiger partial charge in [0.1, 0.15) is 5.75 Å². The number of benzene rings is 2. The van der Waals surface area contributed by atoms with E-state index < -0.39 is 0 Å². The second-order valence-electron chi connectivity index (χ2n) is 3.39. The third-order valence-corrected chi connectivity index (χ3v) is 3.19. The van der Waals surface area contributed by atoms with Crippen LogP contribution in [0, 0.1) is 3.57 Å². The molecule has 0 atom stereocenters. The summed E-state index contributed by atoms with van der Waals surface area (Å²) < 4.78 is 1.02. The van der Waals surface area contributed by atoms with E-state index >= 15 is 0 Å². The first-order valence-corrected chi connectivity index (χ1v) is 5.59. The summed E-state index contributed by atoms with van der Waals surface area (Å²) in [6.07, 6.45) is 0. The van der Waals surface area contributed by atoms with Crippen LogP contribution < -0.4 is 0 Å². The van der Waals surface area contributed by atoms with Gasteiger partial charge in [0.15, 0.2) is 5.78 Å². The molecule has 0 saturated heterocycles. The Kier molecular flexibility index (Phi) is 2.65. The Labute approximate surface area is 101 Å². The summed E-state index contributed by atoms with van der Waals surface area (Å²) in [4.78, 5) is 11.4. The minimum atomic E-state index is -0.0278. The highest BCUT2D eigenvalue weighted by Crippen LogP contribution is 2.28. The van der Waals surface area contributed by atoms with Gasteiger partial charge in [0, 0.05) is 14.5 Å². The lowest BCUT2D eigenvalue weighted by molar-refractivity contribution is 0.101. The molecule has 0 aliphatic heterocycles. The number of aromatic hydroxyl groups is 1. The van der Waals surface area contributed by atoms with Crippen LogP contribution in [0.25, 0.3) is 10.8 Å². The van der Waals surface area contributed by atoms with Crippen LogP contribution in [0.5, 0.6) is 5.75 Å². The minimum absolute atomic E-state index is 0.0278. The molecule has 3 heteroatoms. The predicted molar refractivity (Wildman–Crippen MR) is 68.3 cm³/mol. The van der Waals surface area contributed by atoms with Crippen molar-refractivity contribution in [1.29, 1.82) is 0 Å². The Morgan fingerprint density at radius 1 is 1.33 bits per heavy atom. The van der Waals surface area contributed by atoms with Crippen LogP contribution in [-0.2, 0) is 0 Å². The van der Waals surface area contributed by atoms with Gasteiger partial charge in [-0.15, -0.1) is 0 Å². The standard InChI is InChI=1S/C12H9IO2/c1-7(14)10-6-9(15)5-8-3-2-4-11(13)12(8)10/h2-6,15H,1H3. The first-order valence-electron chi connectivity index (χ1n) is 4.52. The quantitative estimate of drug-likeness (QED) is 0.648. The lowest BCUT2D eigenvalue weighted by Gasteiger charge is -2.06.